The van der Waals surface area contributed by atoms with Crippen molar-refractivity contribution in [3.8, 4) is 5.75 Å². The van der Waals surface area contributed by atoms with E-state index in [1.54, 1.807) is 18.2 Å². The Bertz CT molecular complexity index is 445. The van der Waals surface area contributed by atoms with Crippen LogP contribution in [0.5, 0.6) is 5.75 Å². The van der Waals surface area contributed by atoms with Gasteiger partial charge in [-0.15, -0.1) is 0 Å². The van der Waals surface area contributed by atoms with Gasteiger partial charge in [0.2, 0.25) is 5.91 Å². The number of nitrogens with one attached hydrogen (secondary N) is 1. The third-order valence-electron chi connectivity index (χ3n) is 3.57. The number of anilines is 1. The average Bonchev–Trinajstić information content (AvgIpc) is 2.34. The van der Waals surface area contributed by atoms with Crippen LogP contribution in [0.1, 0.15) is 31.2 Å². The number of amides is 1. The number of phenols is 1. The first-order valence-corrected chi connectivity index (χ1v) is 6.44. The van der Waals surface area contributed by atoms with Gasteiger partial charge in [0.05, 0.1) is 11.6 Å². The third-order valence-corrected chi connectivity index (χ3v) is 3.57. The molecule has 1 fully saturated rings. The third kappa shape index (κ3) is 2.82. The maximum absolute atomic E-state index is 12.1. The van der Waals surface area contributed by atoms with Crippen molar-refractivity contribution in [3.63, 3.8) is 0 Å². The number of rotatable bonds is 2. The van der Waals surface area contributed by atoms with E-state index in [9.17, 15) is 9.90 Å². The topological polar surface area (TPSA) is 75.3 Å². The Balaban J connectivity index is 2.08. The van der Waals surface area contributed by atoms with Gasteiger partial charge in [-0.25, -0.2) is 0 Å². The van der Waals surface area contributed by atoms with Crippen LogP contribution in [-0.2, 0) is 4.79 Å². The molecule has 1 saturated carbocycles. The summed E-state index contributed by atoms with van der Waals surface area (Å²) >= 11 is 0. The molecule has 0 bridgehead atoms. The number of hydrogen-bond acceptors (Lipinski definition) is 3. The van der Waals surface area contributed by atoms with E-state index in [1.807, 2.05) is 6.92 Å². The highest BCUT2D eigenvalue weighted by molar-refractivity contribution is 5.94. The van der Waals surface area contributed by atoms with Crippen LogP contribution in [0.4, 0.5) is 5.69 Å². The Kier molecular flexibility index (Phi) is 3.87. The summed E-state index contributed by atoms with van der Waals surface area (Å²) < 4.78 is 0. The highest BCUT2D eigenvalue weighted by atomic mass is 16.3. The van der Waals surface area contributed by atoms with Gasteiger partial charge in [0.1, 0.15) is 5.75 Å². The van der Waals surface area contributed by atoms with E-state index >= 15 is 0 Å². The van der Waals surface area contributed by atoms with E-state index in [0.29, 0.717) is 5.69 Å². The summed E-state index contributed by atoms with van der Waals surface area (Å²) in [4.78, 5) is 12.1. The van der Waals surface area contributed by atoms with Crippen LogP contribution in [0.2, 0.25) is 0 Å². The number of aryl methyl sites for hydroxylation is 1. The lowest BCUT2D eigenvalue weighted by molar-refractivity contribution is -0.121. The fraction of sp³-hybridized carbons (Fsp3) is 0.500. The van der Waals surface area contributed by atoms with E-state index in [0.717, 1.165) is 31.2 Å². The van der Waals surface area contributed by atoms with Crippen LogP contribution in [0, 0.1) is 12.8 Å². The molecule has 1 aliphatic rings. The van der Waals surface area contributed by atoms with E-state index in [1.165, 1.54) is 0 Å². The molecule has 4 nitrogen and oxygen atoms in total. The quantitative estimate of drug-likeness (QED) is 0.702. The zero-order valence-electron chi connectivity index (χ0n) is 10.6. The van der Waals surface area contributed by atoms with Crippen LogP contribution >= 0.6 is 0 Å². The van der Waals surface area contributed by atoms with Crippen molar-refractivity contribution < 1.29 is 9.90 Å². The Labute approximate surface area is 107 Å². The SMILES string of the molecule is Cc1ccc(O)c(NC(=O)C2CCCCC2N)c1. The highest BCUT2D eigenvalue weighted by Crippen LogP contribution is 2.28. The minimum atomic E-state index is -0.140. The molecule has 0 aliphatic heterocycles. The molecule has 1 aliphatic carbocycles. The molecule has 0 spiro atoms. The summed E-state index contributed by atoms with van der Waals surface area (Å²) in [6.45, 7) is 1.92. The van der Waals surface area contributed by atoms with Crippen LogP contribution in [0.25, 0.3) is 0 Å². The lowest BCUT2D eigenvalue weighted by atomic mass is 9.84. The minimum absolute atomic E-state index is 0.0642. The lowest BCUT2D eigenvalue weighted by Crippen LogP contribution is -2.40. The predicted molar refractivity (Wildman–Crippen MR) is 71.4 cm³/mol. The van der Waals surface area contributed by atoms with Crippen molar-refractivity contribution in [2.75, 3.05) is 5.32 Å². The van der Waals surface area contributed by atoms with Crippen molar-refractivity contribution in [3.05, 3.63) is 23.8 Å². The second-order valence-electron chi connectivity index (χ2n) is 5.06. The molecule has 2 atom stereocenters. The Morgan fingerprint density at radius 3 is 2.83 bits per heavy atom. The summed E-state index contributed by atoms with van der Waals surface area (Å²) in [6.07, 6.45) is 3.88. The minimum Gasteiger partial charge on any atom is -0.506 e. The summed E-state index contributed by atoms with van der Waals surface area (Å²) in [5.41, 5.74) is 7.44. The number of carbonyl (C=O) groups is 1. The standard InChI is InChI=1S/C14H20N2O2/c1-9-6-7-13(17)12(8-9)16-14(18)10-4-2-3-5-11(10)15/h6-8,10-11,17H,2-5,15H2,1H3,(H,16,18). The number of phenolic OH excluding ortho intramolecular Hbond substituents is 1. The van der Waals surface area contributed by atoms with Gasteiger partial charge in [-0.2, -0.15) is 0 Å². The highest BCUT2D eigenvalue weighted by Gasteiger charge is 2.28. The first-order chi connectivity index (χ1) is 8.58. The van der Waals surface area contributed by atoms with E-state index < -0.39 is 0 Å². The largest absolute Gasteiger partial charge is 0.506 e. The molecular weight excluding hydrogens is 228 g/mol. The van der Waals surface area contributed by atoms with Crippen LogP contribution < -0.4 is 11.1 Å². The van der Waals surface area contributed by atoms with Crippen molar-refractivity contribution >= 4 is 11.6 Å². The number of benzene rings is 1. The van der Waals surface area contributed by atoms with Crippen LogP contribution in [-0.4, -0.2) is 17.1 Å². The smallest absolute Gasteiger partial charge is 0.229 e. The molecule has 98 valence electrons. The van der Waals surface area contributed by atoms with Gasteiger partial charge < -0.3 is 16.2 Å². The molecule has 4 heteroatoms. The summed E-state index contributed by atoms with van der Waals surface area (Å²) in [5, 5.41) is 12.5. The molecule has 2 unspecified atom stereocenters. The second-order valence-corrected chi connectivity index (χ2v) is 5.06. The number of aromatic hydroxyl groups is 1. The average molecular weight is 248 g/mol. The van der Waals surface area contributed by atoms with Crippen molar-refractivity contribution in [1.82, 2.24) is 0 Å². The van der Waals surface area contributed by atoms with Crippen molar-refractivity contribution in [2.24, 2.45) is 11.7 Å². The molecular formula is C14H20N2O2. The lowest BCUT2D eigenvalue weighted by Gasteiger charge is -2.27. The fourth-order valence-corrected chi connectivity index (χ4v) is 2.46. The van der Waals surface area contributed by atoms with Crippen molar-refractivity contribution in [2.45, 2.75) is 38.6 Å². The maximum atomic E-state index is 12.1. The van der Waals surface area contributed by atoms with E-state index in [2.05, 4.69) is 5.32 Å². The molecule has 4 N–H and O–H groups in total. The zero-order valence-corrected chi connectivity index (χ0v) is 10.6. The maximum Gasteiger partial charge on any atom is 0.229 e. The van der Waals surface area contributed by atoms with Crippen LogP contribution in [0.15, 0.2) is 18.2 Å². The molecule has 0 saturated heterocycles. The van der Waals surface area contributed by atoms with E-state index in [-0.39, 0.29) is 23.6 Å². The molecule has 1 amide bonds. The van der Waals surface area contributed by atoms with Gasteiger partial charge >= 0.3 is 0 Å². The molecule has 2 rings (SSSR count). The number of carbonyl (C=O) groups excluding carboxylic acids is 1. The number of hydrogen-bond donors (Lipinski definition) is 3. The molecule has 1 aromatic carbocycles. The molecule has 18 heavy (non-hydrogen) atoms. The Hall–Kier alpha value is -1.55. The molecule has 0 heterocycles. The van der Waals surface area contributed by atoms with Crippen molar-refractivity contribution in [1.29, 1.82) is 0 Å². The summed E-state index contributed by atoms with van der Waals surface area (Å²) in [5.74, 6) is -0.125. The number of nitrogens with two attached hydrogens (primary N) is 1. The van der Waals surface area contributed by atoms with Gasteiger partial charge in [0, 0.05) is 6.04 Å². The first kappa shape index (κ1) is 12.9. The normalized spacial score (nSPS) is 23.7. The second kappa shape index (κ2) is 5.40. The summed E-state index contributed by atoms with van der Waals surface area (Å²) in [6, 6.07) is 5.09. The van der Waals surface area contributed by atoms with Gasteiger partial charge in [0.15, 0.2) is 0 Å². The Morgan fingerprint density at radius 1 is 1.39 bits per heavy atom. The predicted octanol–water partition coefficient (Wildman–Crippen LogP) is 2.16. The van der Waals surface area contributed by atoms with Gasteiger partial charge in [-0.3, -0.25) is 4.79 Å². The fourth-order valence-electron chi connectivity index (χ4n) is 2.46. The van der Waals surface area contributed by atoms with Gasteiger partial charge in [-0.1, -0.05) is 18.9 Å². The molecule has 0 radical (unpaired) electrons. The first-order valence-electron chi connectivity index (χ1n) is 6.44. The van der Waals surface area contributed by atoms with E-state index in [4.69, 9.17) is 5.73 Å². The zero-order chi connectivity index (χ0) is 13.1. The summed E-state index contributed by atoms with van der Waals surface area (Å²) in [7, 11) is 0. The van der Waals surface area contributed by atoms with Crippen LogP contribution in [0.3, 0.4) is 0 Å². The van der Waals surface area contributed by atoms with Gasteiger partial charge in [-0.05, 0) is 37.5 Å². The molecule has 1 aromatic rings. The monoisotopic (exact) mass is 248 g/mol. The van der Waals surface area contributed by atoms with Gasteiger partial charge in [0.25, 0.3) is 0 Å². The Morgan fingerprint density at radius 2 is 2.11 bits per heavy atom. The molecule has 0 aromatic heterocycles.